The third-order valence-corrected chi connectivity index (χ3v) is 5.05. The van der Waals surface area contributed by atoms with Crippen LogP contribution in [0.15, 0.2) is 77.1 Å². The molecule has 0 unspecified atom stereocenters. The molecule has 1 N–H and O–H groups in total. The van der Waals surface area contributed by atoms with Crippen molar-refractivity contribution >= 4 is 17.4 Å². The lowest BCUT2D eigenvalue weighted by Crippen LogP contribution is -2.30. The molecule has 5 heteroatoms. The van der Waals surface area contributed by atoms with Crippen molar-refractivity contribution in [3.63, 3.8) is 0 Å². The number of nitrogens with zero attached hydrogens (tertiary/aromatic N) is 2. The van der Waals surface area contributed by atoms with E-state index in [2.05, 4.69) is 4.99 Å². The molecule has 2 aliphatic heterocycles. The number of allylic oxidation sites excluding steroid dienone is 1. The molecule has 0 fully saturated rings. The smallest absolute Gasteiger partial charge is 0.335 e. The van der Waals surface area contributed by atoms with Gasteiger partial charge in [-0.1, -0.05) is 36.4 Å². The molecule has 0 atom stereocenters. The second-order valence-electron chi connectivity index (χ2n) is 6.86. The average Bonchev–Trinajstić information content (AvgIpc) is 2.68. The molecule has 0 bridgehead atoms. The molecule has 0 amide bonds. The fourth-order valence-electron chi connectivity index (χ4n) is 3.55. The van der Waals surface area contributed by atoms with Crippen LogP contribution in [0.5, 0.6) is 0 Å². The van der Waals surface area contributed by atoms with Gasteiger partial charge in [-0.15, -0.1) is 0 Å². The Morgan fingerprint density at radius 1 is 1.11 bits per heavy atom. The Morgan fingerprint density at radius 3 is 2.57 bits per heavy atom. The van der Waals surface area contributed by atoms with E-state index < -0.39 is 5.97 Å². The first kappa shape index (κ1) is 17.9. The van der Waals surface area contributed by atoms with Crippen molar-refractivity contribution in [2.45, 2.75) is 13.8 Å². The monoisotopic (exact) mass is 374 g/mol. The summed E-state index contributed by atoms with van der Waals surface area (Å²) in [4.78, 5) is 17.6. The molecular weight excluding hydrogens is 355 g/mol. The van der Waals surface area contributed by atoms with E-state index in [1.165, 1.54) is 6.07 Å². The van der Waals surface area contributed by atoms with Crippen molar-refractivity contribution in [3.05, 3.63) is 89.0 Å². The number of rotatable bonds is 3. The number of carbonyl (C=O) groups is 1. The number of hydrogen-bond donors (Lipinski definition) is 1. The van der Waals surface area contributed by atoms with E-state index in [0.29, 0.717) is 17.9 Å². The van der Waals surface area contributed by atoms with Gasteiger partial charge in [-0.2, -0.15) is 0 Å². The van der Waals surface area contributed by atoms with E-state index in [4.69, 9.17) is 0 Å². The van der Waals surface area contributed by atoms with Crippen LogP contribution in [0.25, 0.3) is 16.7 Å². The SMILES string of the molecule is CC1=C(c2ccccc2-c2ccc(C)cc2F)CN=C2C=C(C(=O)O)C=CN21. The van der Waals surface area contributed by atoms with Crippen LogP contribution in [0, 0.1) is 12.7 Å². The fourth-order valence-corrected chi connectivity index (χ4v) is 3.55. The number of amidine groups is 1. The van der Waals surface area contributed by atoms with Crippen LogP contribution in [-0.2, 0) is 4.79 Å². The molecule has 0 spiro atoms. The summed E-state index contributed by atoms with van der Waals surface area (Å²) in [7, 11) is 0. The lowest BCUT2D eigenvalue weighted by molar-refractivity contribution is -0.132. The van der Waals surface area contributed by atoms with Crippen molar-refractivity contribution in [2.24, 2.45) is 4.99 Å². The van der Waals surface area contributed by atoms with Gasteiger partial charge in [-0.25, -0.2) is 9.18 Å². The first-order valence-electron chi connectivity index (χ1n) is 8.98. The third kappa shape index (κ3) is 3.05. The molecule has 0 aromatic heterocycles. The molecule has 4 rings (SSSR count). The maximum atomic E-state index is 14.6. The Balaban J connectivity index is 1.79. The van der Waals surface area contributed by atoms with Crippen molar-refractivity contribution in [2.75, 3.05) is 6.54 Å². The quantitative estimate of drug-likeness (QED) is 0.841. The minimum absolute atomic E-state index is 0.202. The Morgan fingerprint density at radius 2 is 1.86 bits per heavy atom. The lowest BCUT2D eigenvalue weighted by Gasteiger charge is -2.31. The summed E-state index contributed by atoms with van der Waals surface area (Å²) >= 11 is 0. The van der Waals surface area contributed by atoms with Crippen molar-refractivity contribution in [1.29, 1.82) is 0 Å². The molecule has 2 aromatic rings. The standard InChI is InChI=1S/C23H19FN2O2/c1-14-7-8-19(21(24)11-14)17-5-3-4-6-18(17)20-13-25-22-12-16(23(27)28)9-10-26(22)15(20)2/h3-12H,13H2,1-2H3,(H,27,28). The molecule has 0 saturated carbocycles. The summed E-state index contributed by atoms with van der Waals surface area (Å²) in [5.41, 5.74) is 5.30. The van der Waals surface area contributed by atoms with E-state index in [-0.39, 0.29) is 11.4 Å². The van der Waals surface area contributed by atoms with Crippen LogP contribution in [0.3, 0.4) is 0 Å². The normalized spacial score (nSPS) is 15.9. The van der Waals surface area contributed by atoms with Crippen molar-refractivity contribution < 1.29 is 14.3 Å². The Labute approximate surface area is 162 Å². The maximum absolute atomic E-state index is 14.6. The van der Waals surface area contributed by atoms with Gasteiger partial charge in [-0.05, 0) is 48.8 Å². The van der Waals surface area contributed by atoms with Crippen molar-refractivity contribution in [1.82, 2.24) is 4.90 Å². The maximum Gasteiger partial charge on any atom is 0.335 e. The van der Waals surface area contributed by atoms with E-state index in [1.54, 1.807) is 24.4 Å². The molecule has 28 heavy (non-hydrogen) atoms. The Hall–Kier alpha value is -3.47. The first-order valence-corrected chi connectivity index (χ1v) is 8.98. The van der Waals surface area contributed by atoms with Gasteiger partial charge in [0.15, 0.2) is 0 Å². The lowest BCUT2D eigenvalue weighted by atomic mass is 9.91. The molecule has 0 saturated heterocycles. The first-order chi connectivity index (χ1) is 13.5. The van der Waals surface area contributed by atoms with Crippen LogP contribution in [0.2, 0.25) is 0 Å². The molecule has 140 valence electrons. The summed E-state index contributed by atoms with van der Waals surface area (Å²) in [6.45, 7) is 4.24. The largest absolute Gasteiger partial charge is 0.478 e. The van der Waals surface area contributed by atoms with Crippen LogP contribution in [0.4, 0.5) is 4.39 Å². The number of benzene rings is 2. The van der Waals surface area contributed by atoms with Gasteiger partial charge in [0, 0.05) is 23.0 Å². The summed E-state index contributed by atoms with van der Waals surface area (Å²) in [6.07, 6.45) is 4.83. The molecule has 2 aliphatic rings. The van der Waals surface area contributed by atoms with Gasteiger partial charge in [0.05, 0.1) is 12.1 Å². The van der Waals surface area contributed by atoms with Gasteiger partial charge in [0.25, 0.3) is 0 Å². The number of aliphatic imine (C=N–C) groups is 1. The van der Waals surface area contributed by atoms with Gasteiger partial charge >= 0.3 is 5.97 Å². The van der Waals surface area contributed by atoms with Gasteiger partial charge in [-0.3, -0.25) is 4.99 Å². The van der Waals surface area contributed by atoms with Crippen LogP contribution in [-0.4, -0.2) is 28.4 Å². The number of aryl methyl sites for hydroxylation is 1. The van der Waals surface area contributed by atoms with Crippen molar-refractivity contribution in [3.8, 4) is 11.1 Å². The topological polar surface area (TPSA) is 52.9 Å². The molecule has 0 aliphatic carbocycles. The zero-order chi connectivity index (χ0) is 19.8. The van der Waals surface area contributed by atoms with E-state index in [1.807, 2.05) is 49.1 Å². The van der Waals surface area contributed by atoms with Crippen LogP contribution in [0.1, 0.15) is 18.1 Å². The molecule has 2 aromatic carbocycles. The molecule has 0 radical (unpaired) electrons. The summed E-state index contributed by atoms with van der Waals surface area (Å²) < 4.78 is 14.6. The van der Waals surface area contributed by atoms with Crippen LogP contribution >= 0.6 is 0 Å². The van der Waals surface area contributed by atoms with E-state index in [0.717, 1.165) is 28.0 Å². The summed E-state index contributed by atoms with van der Waals surface area (Å²) in [5, 5.41) is 9.19. The average molecular weight is 374 g/mol. The van der Waals surface area contributed by atoms with E-state index in [9.17, 15) is 14.3 Å². The number of hydrogen-bond acceptors (Lipinski definition) is 3. The number of aliphatic carboxylic acids is 1. The fraction of sp³-hybridized carbons (Fsp3) is 0.130. The number of fused-ring (bicyclic) bond motifs is 1. The zero-order valence-electron chi connectivity index (χ0n) is 15.6. The minimum Gasteiger partial charge on any atom is -0.478 e. The number of carboxylic acids is 1. The predicted molar refractivity (Wildman–Crippen MR) is 108 cm³/mol. The second-order valence-corrected chi connectivity index (χ2v) is 6.86. The van der Waals surface area contributed by atoms with Crippen LogP contribution < -0.4 is 0 Å². The third-order valence-electron chi connectivity index (χ3n) is 5.05. The minimum atomic E-state index is -0.980. The predicted octanol–water partition coefficient (Wildman–Crippen LogP) is 4.78. The number of halogens is 1. The zero-order valence-corrected chi connectivity index (χ0v) is 15.6. The van der Waals surface area contributed by atoms with E-state index >= 15 is 0 Å². The summed E-state index contributed by atoms with van der Waals surface area (Å²) in [5.74, 6) is -0.635. The highest BCUT2D eigenvalue weighted by molar-refractivity contribution is 6.06. The molecule has 4 nitrogen and oxygen atoms in total. The highest BCUT2D eigenvalue weighted by atomic mass is 19.1. The Kier molecular flexibility index (Phi) is 4.43. The van der Waals surface area contributed by atoms with Gasteiger partial charge < -0.3 is 10.0 Å². The summed E-state index contributed by atoms with van der Waals surface area (Å²) in [6, 6.07) is 13.0. The molecular formula is C23H19FN2O2. The highest BCUT2D eigenvalue weighted by Gasteiger charge is 2.24. The van der Waals surface area contributed by atoms with Gasteiger partial charge in [0.1, 0.15) is 11.7 Å². The Bertz CT molecular complexity index is 1110. The molecule has 2 heterocycles. The second kappa shape index (κ2) is 6.93. The van der Waals surface area contributed by atoms with Gasteiger partial charge in [0.2, 0.25) is 0 Å². The highest BCUT2D eigenvalue weighted by Crippen LogP contribution is 2.35. The number of carboxylic acid groups (broad SMARTS) is 1.